The molecule has 0 bridgehead atoms. The minimum atomic E-state index is -2.80. The highest BCUT2D eigenvalue weighted by molar-refractivity contribution is 5.86. The Balaban J connectivity index is 1.90. The van der Waals surface area contributed by atoms with Gasteiger partial charge < -0.3 is 14.6 Å². The van der Waals surface area contributed by atoms with Gasteiger partial charge in [0.1, 0.15) is 16.9 Å². The summed E-state index contributed by atoms with van der Waals surface area (Å²) in [5, 5.41) is 20.2. The number of hydrogen-bond donors (Lipinski definition) is 1. The van der Waals surface area contributed by atoms with Gasteiger partial charge in [-0.05, 0) is 35.2 Å². The van der Waals surface area contributed by atoms with E-state index in [4.69, 9.17) is 4.74 Å². The van der Waals surface area contributed by atoms with Gasteiger partial charge in [-0.25, -0.2) is 13.6 Å². The number of benzene rings is 2. The SMILES string of the molecule is CC1(C)[C@H](/C=C\C(=O)OCC(F)F)[C@@]1(C(=O)O)[C@@H](C#N)c1cccc(Oc2ccccc2)c1. The van der Waals surface area contributed by atoms with E-state index in [1.165, 1.54) is 6.08 Å². The van der Waals surface area contributed by atoms with Crippen molar-refractivity contribution in [1.29, 1.82) is 5.26 Å². The van der Waals surface area contributed by atoms with Gasteiger partial charge in [-0.1, -0.05) is 50.3 Å². The van der Waals surface area contributed by atoms with E-state index in [0.717, 1.165) is 6.08 Å². The average Bonchev–Trinajstić information content (AvgIpc) is 3.27. The van der Waals surface area contributed by atoms with Crippen LogP contribution < -0.4 is 4.74 Å². The highest BCUT2D eigenvalue weighted by Crippen LogP contribution is 2.75. The number of nitrogens with zero attached hydrogens (tertiary/aromatic N) is 1. The summed E-state index contributed by atoms with van der Waals surface area (Å²) >= 11 is 0. The number of nitriles is 1. The molecule has 1 saturated carbocycles. The number of rotatable bonds is 9. The van der Waals surface area contributed by atoms with Crippen LogP contribution in [0.15, 0.2) is 66.7 Å². The Labute approximate surface area is 190 Å². The summed E-state index contributed by atoms with van der Waals surface area (Å²) in [6, 6.07) is 17.8. The Bertz CT molecular complexity index is 1090. The molecule has 8 heteroatoms. The summed E-state index contributed by atoms with van der Waals surface area (Å²) in [6.45, 7) is 2.33. The quantitative estimate of drug-likeness (QED) is 0.414. The maximum Gasteiger partial charge on any atom is 0.330 e. The molecule has 0 saturated heterocycles. The lowest BCUT2D eigenvalue weighted by molar-refractivity contribution is -0.145. The third-order valence-electron chi connectivity index (χ3n) is 6.14. The number of allylic oxidation sites excluding steroid dienone is 1. The summed E-state index contributed by atoms with van der Waals surface area (Å²) in [6.07, 6.45) is -0.523. The number of esters is 1. The molecule has 0 radical (unpaired) electrons. The highest BCUT2D eigenvalue weighted by Gasteiger charge is 2.78. The Hall–Kier alpha value is -3.73. The van der Waals surface area contributed by atoms with Crippen LogP contribution in [0.1, 0.15) is 25.3 Å². The third kappa shape index (κ3) is 4.58. The van der Waals surface area contributed by atoms with Crippen LogP contribution in [0.2, 0.25) is 0 Å². The first-order valence-electron chi connectivity index (χ1n) is 10.2. The fraction of sp³-hybridized carbons (Fsp3) is 0.320. The van der Waals surface area contributed by atoms with Crippen molar-refractivity contribution in [2.75, 3.05) is 6.61 Å². The van der Waals surface area contributed by atoms with Gasteiger partial charge in [0.05, 0.1) is 12.0 Å². The molecule has 2 aromatic carbocycles. The predicted molar refractivity (Wildman–Crippen MR) is 115 cm³/mol. The minimum absolute atomic E-state index is 0.445. The normalized spacial score (nSPS) is 21.9. The number of aliphatic carboxylic acids is 1. The van der Waals surface area contributed by atoms with Gasteiger partial charge in [0, 0.05) is 12.0 Å². The van der Waals surface area contributed by atoms with Gasteiger partial charge in [0.2, 0.25) is 0 Å². The van der Waals surface area contributed by atoms with Crippen molar-refractivity contribution in [2.45, 2.75) is 26.2 Å². The molecule has 33 heavy (non-hydrogen) atoms. The van der Waals surface area contributed by atoms with Gasteiger partial charge >= 0.3 is 11.9 Å². The van der Waals surface area contributed by atoms with Gasteiger partial charge in [-0.15, -0.1) is 0 Å². The first kappa shape index (κ1) is 23.9. The smallest absolute Gasteiger partial charge is 0.330 e. The lowest BCUT2D eigenvalue weighted by atomic mass is 9.78. The molecule has 1 fully saturated rings. The Morgan fingerprint density at radius 2 is 1.82 bits per heavy atom. The van der Waals surface area contributed by atoms with Crippen molar-refractivity contribution >= 4 is 11.9 Å². The third-order valence-corrected chi connectivity index (χ3v) is 6.14. The number of ether oxygens (including phenoxy) is 2. The van der Waals surface area contributed by atoms with Gasteiger partial charge in [-0.2, -0.15) is 5.26 Å². The number of alkyl halides is 2. The zero-order chi connectivity index (χ0) is 24.2. The number of carbonyl (C=O) groups is 2. The van der Waals surface area contributed by atoms with E-state index in [1.807, 2.05) is 18.2 Å². The number of carboxylic acid groups (broad SMARTS) is 1. The molecular weight excluding hydrogens is 432 g/mol. The van der Waals surface area contributed by atoms with Crippen LogP contribution in [-0.4, -0.2) is 30.1 Å². The van der Waals surface area contributed by atoms with Crippen molar-refractivity contribution in [3.8, 4) is 17.6 Å². The van der Waals surface area contributed by atoms with Crippen molar-refractivity contribution in [3.63, 3.8) is 0 Å². The molecule has 1 aliphatic carbocycles. The van der Waals surface area contributed by atoms with E-state index < -0.39 is 47.6 Å². The molecule has 0 unspecified atom stereocenters. The van der Waals surface area contributed by atoms with Crippen LogP contribution in [0.5, 0.6) is 11.5 Å². The van der Waals surface area contributed by atoms with E-state index in [0.29, 0.717) is 17.1 Å². The molecule has 0 heterocycles. The van der Waals surface area contributed by atoms with Gasteiger partial charge in [-0.3, -0.25) is 4.79 Å². The van der Waals surface area contributed by atoms with Crippen molar-refractivity contribution in [2.24, 2.45) is 16.7 Å². The Morgan fingerprint density at radius 3 is 2.42 bits per heavy atom. The zero-order valence-corrected chi connectivity index (χ0v) is 18.1. The highest BCUT2D eigenvalue weighted by atomic mass is 19.3. The summed E-state index contributed by atoms with van der Waals surface area (Å²) in [4.78, 5) is 24.2. The Morgan fingerprint density at radius 1 is 1.15 bits per heavy atom. The summed E-state index contributed by atoms with van der Waals surface area (Å²) in [7, 11) is 0. The van der Waals surface area contributed by atoms with E-state index in [1.54, 1.807) is 50.2 Å². The number of para-hydroxylation sites is 1. The maximum absolute atomic E-state index is 12.5. The number of halogens is 2. The van der Waals surface area contributed by atoms with Crippen LogP contribution in [0.25, 0.3) is 0 Å². The zero-order valence-electron chi connectivity index (χ0n) is 18.1. The minimum Gasteiger partial charge on any atom is -0.481 e. The number of hydrogen-bond acceptors (Lipinski definition) is 5. The van der Waals surface area contributed by atoms with Crippen LogP contribution in [-0.2, 0) is 14.3 Å². The molecule has 3 rings (SSSR count). The molecule has 6 nitrogen and oxygen atoms in total. The topological polar surface area (TPSA) is 96.6 Å². The fourth-order valence-corrected chi connectivity index (χ4v) is 4.50. The molecule has 0 aliphatic heterocycles. The van der Waals surface area contributed by atoms with Crippen molar-refractivity contribution < 1.29 is 33.0 Å². The second-order valence-corrected chi connectivity index (χ2v) is 8.30. The maximum atomic E-state index is 12.5. The monoisotopic (exact) mass is 455 g/mol. The van der Waals surface area contributed by atoms with Crippen molar-refractivity contribution in [1.82, 2.24) is 0 Å². The number of carbonyl (C=O) groups excluding carboxylic acids is 1. The molecule has 2 aromatic rings. The molecule has 1 N–H and O–H groups in total. The van der Waals surface area contributed by atoms with E-state index in [2.05, 4.69) is 10.8 Å². The van der Waals surface area contributed by atoms with Crippen LogP contribution >= 0.6 is 0 Å². The fourth-order valence-electron chi connectivity index (χ4n) is 4.50. The molecule has 0 spiro atoms. The van der Waals surface area contributed by atoms with E-state index >= 15 is 0 Å². The van der Waals surface area contributed by atoms with Crippen LogP contribution in [0, 0.1) is 28.1 Å². The van der Waals surface area contributed by atoms with E-state index in [-0.39, 0.29) is 0 Å². The van der Waals surface area contributed by atoms with E-state index in [9.17, 15) is 28.7 Å². The summed E-state index contributed by atoms with van der Waals surface area (Å²) < 4.78 is 34.7. The largest absolute Gasteiger partial charge is 0.481 e. The number of carboxylic acids is 1. The molecule has 3 atom stereocenters. The second-order valence-electron chi connectivity index (χ2n) is 8.30. The molecule has 172 valence electrons. The second kappa shape index (κ2) is 9.41. The van der Waals surface area contributed by atoms with Gasteiger partial charge in [0.25, 0.3) is 6.43 Å². The van der Waals surface area contributed by atoms with Crippen LogP contribution in [0.3, 0.4) is 0 Å². The molecule has 1 aliphatic rings. The molecular formula is C25H23F2NO5. The predicted octanol–water partition coefficient (Wildman–Crippen LogP) is 5.18. The first-order chi connectivity index (χ1) is 15.6. The van der Waals surface area contributed by atoms with Crippen LogP contribution in [0.4, 0.5) is 8.78 Å². The first-order valence-corrected chi connectivity index (χ1v) is 10.2. The lowest BCUT2D eigenvalue weighted by Crippen LogP contribution is -2.28. The Kier molecular flexibility index (Phi) is 6.82. The van der Waals surface area contributed by atoms with Crippen molar-refractivity contribution in [3.05, 3.63) is 72.3 Å². The standard InChI is InChI=1S/C25H23F2NO5/c1-24(2)20(11-12-22(29)32-15-21(26)27)25(24,23(30)31)19(14-28)16-7-6-10-18(13-16)33-17-8-4-3-5-9-17/h3-13,19-21H,15H2,1-2H3,(H,30,31)/b12-11-/t19-,20-,25+/m0/s1. The molecule has 0 amide bonds. The average molecular weight is 455 g/mol. The van der Waals surface area contributed by atoms with Gasteiger partial charge in [0.15, 0.2) is 6.61 Å². The summed E-state index contributed by atoms with van der Waals surface area (Å²) in [5.41, 5.74) is -1.97. The lowest BCUT2D eigenvalue weighted by Gasteiger charge is -2.22. The summed E-state index contributed by atoms with van der Waals surface area (Å²) in [5.74, 6) is -2.92. The molecule has 0 aromatic heterocycles.